The highest BCUT2D eigenvalue weighted by molar-refractivity contribution is 7.92. The van der Waals surface area contributed by atoms with Gasteiger partial charge in [-0.05, 0) is 38.2 Å². The van der Waals surface area contributed by atoms with Crippen LogP contribution in [0.4, 0.5) is 0 Å². The van der Waals surface area contributed by atoms with E-state index in [4.69, 9.17) is 9.47 Å². The second-order valence-electron chi connectivity index (χ2n) is 8.02. The SMILES string of the molecule is CCCCCC(/C=C/CC(CCCCCCC(=O)OC)(C(=O)OC)S(C)(=O)=O)OC(C)=O. The van der Waals surface area contributed by atoms with Crippen LogP contribution in [-0.2, 0) is 38.4 Å². The first-order chi connectivity index (χ1) is 15.0. The molecule has 0 aromatic rings. The van der Waals surface area contributed by atoms with Gasteiger partial charge in [-0.3, -0.25) is 14.4 Å². The summed E-state index contributed by atoms with van der Waals surface area (Å²) in [6.07, 6.45) is 10.2. The van der Waals surface area contributed by atoms with Crippen LogP contribution in [0.5, 0.6) is 0 Å². The van der Waals surface area contributed by atoms with Crippen molar-refractivity contribution in [3.05, 3.63) is 12.2 Å². The van der Waals surface area contributed by atoms with E-state index < -0.39 is 32.6 Å². The third-order valence-electron chi connectivity index (χ3n) is 5.41. The Bertz CT molecular complexity index is 714. The molecule has 186 valence electrons. The number of hydrogen-bond donors (Lipinski definition) is 0. The Hall–Kier alpha value is -1.90. The summed E-state index contributed by atoms with van der Waals surface area (Å²) in [5.74, 6) is -1.49. The summed E-state index contributed by atoms with van der Waals surface area (Å²) >= 11 is 0. The molecule has 0 aliphatic carbocycles. The molecule has 0 fully saturated rings. The van der Waals surface area contributed by atoms with Crippen LogP contribution >= 0.6 is 0 Å². The minimum Gasteiger partial charge on any atom is -0.469 e. The molecule has 0 aliphatic heterocycles. The molecule has 2 unspecified atom stereocenters. The monoisotopic (exact) mass is 476 g/mol. The van der Waals surface area contributed by atoms with Crippen LogP contribution in [0, 0.1) is 0 Å². The van der Waals surface area contributed by atoms with Crippen molar-refractivity contribution in [2.75, 3.05) is 20.5 Å². The molecule has 0 heterocycles. The summed E-state index contributed by atoms with van der Waals surface area (Å²) < 4.78 is 38.4. The van der Waals surface area contributed by atoms with Gasteiger partial charge in [0.2, 0.25) is 0 Å². The van der Waals surface area contributed by atoms with Crippen LogP contribution < -0.4 is 0 Å². The van der Waals surface area contributed by atoms with Crippen LogP contribution in [0.3, 0.4) is 0 Å². The maximum Gasteiger partial charge on any atom is 0.327 e. The Morgan fingerprint density at radius 3 is 2.16 bits per heavy atom. The molecule has 0 radical (unpaired) electrons. The summed E-state index contributed by atoms with van der Waals surface area (Å²) in [6.45, 7) is 3.40. The van der Waals surface area contributed by atoms with Crippen molar-refractivity contribution in [3.8, 4) is 0 Å². The first-order valence-electron chi connectivity index (χ1n) is 11.2. The second kappa shape index (κ2) is 15.8. The first kappa shape index (κ1) is 30.1. The van der Waals surface area contributed by atoms with Crippen molar-refractivity contribution in [2.45, 2.75) is 95.3 Å². The molecule has 0 aromatic carbocycles. The van der Waals surface area contributed by atoms with Crippen molar-refractivity contribution in [3.63, 3.8) is 0 Å². The van der Waals surface area contributed by atoms with Crippen molar-refractivity contribution in [1.29, 1.82) is 0 Å². The molecule has 0 aliphatic rings. The van der Waals surface area contributed by atoms with Gasteiger partial charge in [-0.2, -0.15) is 0 Å². The number of ether oxygens (including phenoxy) is 3. The Kier molecular flexibility index (Phi) is 14.9. The lowest BCUT2D eigenvalue weighted by molar-refractivity contribution is -0.145. The molecule has 0 N–H and O–H groups in total. The van der Waals surface area contributed by atoms with Gasteiger partial charge in [-0.1, -0.05) is 45.1 Å². The highest BCUT2D eigenvalue weighted by atomic mass is 32.2. The fourth-order valence-electron chi connectivity index (χ4n) is 3.51. The Labute approximate surface area is 193 Å². The molecule has 0 aromatic heterocycles. The van der Waals surface area contributed by atoms with E-state index in [0.717, 1.165) is 31.9 Å². The predicted molar refractivity (Wildman–Crippen MR) is 123 cm³/mol. The molecule has 9 heteroatoms. The van der Waals surface area contributed by atoms with E-state index in [1.807, 2.05) is 0 Å². The van der Waals surface area contributed by atoms with Gasteiger partial charge in [-0.25, -0.2) is 8.42 Å². The van der Waals surface area contributed by atoms with E-state index in [1.165, 1.54) is 21.1 Å². The molecule has 0 spiro atoms. The van der Waals surface area contributed by atoms with Crippen LogP contribution in [0.1, 0.15) is 84.5 Å². The quantitative estimate of drug-likeness (QED) is 0.134. The van der Waals surface area contributed by atoms with Crippen LogP contribution in [-0.4, -0.2) is 57.7 Å². The lowest BCUT2D eigenvalue weighted by Gasteiger charge is -2.28. The van der Waals surface area contributed by atoms with E-state index >= 15 is 0 Å². The molecule has 0 bridgehead atoms. The molecule has 2 atom stereocenters. The van der Waals surface area contributed by atoms with Gasteiger partial charge in [0.15, 0.2) is 14.6 Å². The van der Waals surface area contributed by atoms with Crippen LogP contribution in [0.25, 0.3) is 0 Å². The van der Waals surface area contributed by atoms with Gasteiger partial charge in [0.25, 0.3) is 0 Å². The van der Waals surface area contributed by atoms with Gasteiger partial charge in [0.05, 0.1) is 14.2 Å². The summed E-state index contributed by atoms with van der Waals surface area (Å²) in [7, 11) is -1.29. The molecule has 8 nitrogen and oxygen atoms in total. The lowest BCUT2D eigenvalue weighted by atomic mass is 9.95. The molecule has 0 saturated heterocycles. The van der Waals surface area contributed by atoms with Gasteiger partial charge >= 0.3 is 17.9 Å². The second-order valence-corrected chi connectivity index (χ2v) is 10.4. The van der Waals surface area contributed by atoms with E-state index in [-0.39, 0.29) is 18.8 Å². The molecule has 32 heavy (non-hydrogen) atoms. The zero-order chi connectivity index (χ0) is 24.6. The van der Waals surface area contributed by atoms with E-state index in [2.05, 4.69) is 11.7 Å². The number of unbranched alkanes of at least 4 members (excludes halogenated alkanes) is 5. The zero-order valence-corrected chi connectivity index (χ0v) is 21.0. The number of sulfone groups is 1. The van der Waals surface area contributed by atoms with Crippen molar-refractivity contribution < 1.29 is 37.0 Å². The highest BCUT2D eigenvalue weighted by Crippen LogP contribution is 2.31. The van der Waals surface area contributed by atoms with Gasteiger partial charge in [-0.15, -0.1) is 0 Å². The third kappa shape index (κ3) is 11.1. The molecule has 0 saturated carbocycles. The summed E-state index contributed by atoms with van der Waals surface area (Å²) in [5, 5.41) is 0. The number of rotatable bonds is 17. The van der Waals surface area contributed by atoms with E-state index in [1.54, 1.807) is 12.2 Å². The molecule has 0 amide bonds. The van der Waals surface area contributed by atoms with Crippen molar-refractivity contribution in [2.24, 2.45) is 0 Å². The highest BCUT2D eigenvalue weighted by Gasteiger charge is 2.47. The fourth-order valence-corrected chi connectivity index (χ4v) is 4.81. The minimum absolute atomic E-state index is 0.0633. The standard InChI is InChI=1S/C23H40O8S/c1-6-7-10-14-20(31-19(2)24)15-13-18-23(22(26)30-4,32(5,27)28)17-12-9-8-11-16-21(25)29-3/h13,15,20H,6-12,14,16-18H2,1-5H3/b15-13+. The van der Waals surface area contributed by atoms with E-state index in [0.29, 0.717) is 32.1 Å². The molecular weight excluding hydrogens is 436 g/mol. The Morgan fingerprint density at radius 2 is 1.62 bits per heavy atom. The first-order valence-corrected chi connectivity index (χ1v) is 13.1. The largest absolute Gasteiger partial charge is 0.469 e. The topological polar surface area (TPSA) is 113 Å². The fraction of sp³-hybridized carbons (Fsp3) is 0.783. The van der Waals surface area contributed by atoms with Crippen molar-refractivity contribution >= 4 is 27.7 Å². The summed E-state index contributed by atoms with van der Waals surface area (Å²) in [6, 6.07) is 0. The van der Waals surface area contributed by atoms with Crippen LogP contribution in [0.15, 0.2) is 12.2 Å². The maximum absolute atomic E-state index is 12.7. The lowest BCUT2D eigenvalue weighted by Crippen LogP contribution is -2.46. The van der Waals surface area contributed by atoms with Crippen LogP contribution in [0.2, 0.25) is 0 Å². The Morgan fingerprint density at radius 1 is 0.969 bits per heavy atom. The maximum atomic E-state index is 12.7. The molecule has 0 rings (SSSR count). The Balaban J connectivity index is 5.30. The van der Waals surface area contributed by atoms with Gasteiger partial charge < -0.3 is 14.2 Å². The van der Waals surface area contributed by atoms with Gasteiger partial charge in [0, 0.05) is 19.6 Å². The summed E-state index contributed by atoms with van der Waals surface area (Å²) in [5.41, 5.74) is 0. The van der Waals surface area contributed by atoms with Gasteiger partial charge in [0.1, 0.15) is 6.10 Å². The third-order valence-corrected chi connectivity index (χ3v) is 7.37. The summed E-state index contributed by atoms with van der Waals surface area (Å²) in [4.78, 5) is 35.2. The smallest absolute Gasteiger partial charge is 0.327 e. The minimum atomic E-state index is -3.80. The predicted octanol–water partition coefficient (Wildman–Crippen LogP) is 3.91. The number of hydrogen-bond acceptors (Lipinski definition) is 8. The number of carbonyl (C=O) groups excluding carboxylic acids is 3. The number of allylic oxidation sites excluding steroid dienone is 1. The molecular formula is C23H40O8S. The number of esters is 3. The normalized spacial score (nSPS) is 14.5. The zero-order valence-electron chi connectivity index (χ0n) is 20.2. The average molecular weight is 477 g/mol. The average Bonchev–Trinajstić information content (AvgIpc) is 2.72. The van der Waals surface area contributed by atoms with E-state index in [9.17, 15) is 22.8 Å². The number of carbonyl (C=O) groups is 3. The number of methoxy groups -OCH3 is 2. The van der Waals surface area contributed by atoms with Crippen molar-refractivity contribution in [1.82, 2.24) is 0 Å².